The van der Waals surface area contributed by atoms with Crippen LogP contribution >= 0.6 is 23.2 Å². The molecule has 128 valence electrons. The summed E-state index contributed by atoms with van der Waals surface area (Å²) in [6, 6.07) is 15.1. The zero-order chi connectivity index (χ0) is 17.8. The van der Waals surface area contributed by atoms with Crippen LogP contribution in [-0.2, 0) is 17.8 Å². The summed E-state index contributed by atoms with van der Waals surface area (Å²) < 4.78 is 1.79. The van der Waals surface area contributed by atoms with E-state index in [-0.39, 0.29) is 12.3 Å². The molecule has 0 aliphatic carbocycles. The van der Waals surface area contributed by atoms with E-state index in [2.05, 4.69) is 5.10 Å². The van der Waals surface area contributed by atoms with Crippen LogP contribution < -0.4 is 0 Å². The second-order valence-electron chi connectivity index (χ2n) is 5.76. The van der Waals surface area contributed by atoms with E-state index in [1.165, 1.54) is 0 Å². The molecule has 4 nitrogen and oxygen atoms in total. The van der Waals surface area contributed by atoms with Gasteiger partial charge in [0.15, 0.2) is 0 Å². The Hall–Kier alpha value is -2.30. The molecule has 6 heteroatoms. The van der Waals surface area contributed by atoms with Gasteiger partial charge in [-0.15, -0.1) is 0 Å². The minimum absolute atomic E-state index is 0.0533. The topological polar surface area (TPSA) is 38.1 Å². The first-order chi connectivity index (χ1) is 12.0. The first kappa shape index (κ1) is 17.5. The van der Waals surface area contributed by atoms with E-state index >= 15 is 0 Å². The number of rotatable bonds is 5. The summed E-state index contributed by atoms with van der Waals surface area (Å²) in [5.74, 6) is -0.0533. The molecule has 25 heavy (non-hydrogen) atoms. The highest BCUT2D eigenvalue weighted by Crippen LogP contribution is 2.25. The molecule has 0 radical (unpaired) electrons. The zero-order valence-corrected chi connectivity index (χ0v) is 15.2. The lowest BCUT2D eigenvalue weighted by Gasteiger charge is -2.17. The molecular formula is C19H17Cl2N3O. The molecule has 1 amide bonds. The number of nitrogens with zero attached hydrogens (tertiary/aromatic N) is 3. The Bertz CT molecular complexity index is 857. The number of amides is 1. The summed E-state index contributed by atoms with van der Waals surface area (Å²) in [4.78, 5) is 14.1. The van der Waals surface area contributed by atoms with E-state index in [4.69, 9.17) is 23.2 Å². The van der Waals surface area contributed by atoms with Gasteiger partial charge in [0.2, 0.25) is 5.91 Å². The van der Waals surface area contributed by atoms with Gasteiger partial charge in [-0.05, 0) is 29.8 Å². The predicted octanol–water partition coefficient (Wildman–Crippen LogP) is 4.38. The van der Waals surface area contributed by atoms with Gasteiger partial charge < -0.3 is 4.90 Å². The quantitative estimate of drug-likeness (QED) is 0.665. The summed E-state index contributed by atoms with van der Waals surface area (Å²) in [7, 11) is 1.76. The molecule has 0 bridgehead atoms. The number of halogens is 2. The summed E-state index contributed by atoms with van der Waals surface area (Å²) in [6.07, 6.45) is 3.85. The number of benzene rings is 2. The van der Waals surface area contributed by atoms with Gasteiger partial charge in [0.05, 0.1) is 18.3 Å². The van der Waals surface area contributed by atoms with Gasteiger partial charge in [-0.25, -0.2) is 4.68 Å². The van der Waals surface area contributed by atoms with Crippen LogP contribution in [0.3, 0.4) is 0 Å². The first-order valence-electron chi connectivity index (χ1n) is 7.80. The average Bonchev–Trinajstić information content (AvgIpc) is 3.07. The summed E-state index contributed by atoms with van der Waals surface area (Å²) >= 11 is 12.3. The van der Waals surface area contributed by atoms with Crippen molar-refractivity contribution in [2.75, 3.05) is 7.05 Å². The summed E-state index contributed by atoms with van der Waals surface area (Å²) in [6.45, 7) is 0.466. The highest BCUT2D eigenvalue weighted by atomic mass is 35.5. The normalized spacial score (nSPS) is 10.7. The van der Waals surface area contributed by atoms with Gasteiger partial charge in [-0.3, -0.25) is 4.79 Å². The Morgan fingerprint density at radius 2 is 1.76 bits per heavy atom. The molecular weight excluding hydrogens is 357 g/mol. The Labute approximate surface area is 156 Å². The molecule has 0 unspecified atom stereocenters. The second-order valence-corrected chi connectivity index (χ2v) is 6.57. The van der Waals surface area contributed by atoms with Crippen molar-refractivity contribution in [2.24, 2.45) is 0 Å². The fourth-order valence-electron chi connectivity index (χ4n) is 2.51. The maximum absolute atomic E-state index is 12.5. The molecule has 2 aromatic carbocycles. The van der Waals surface area contributed by atoms with Crippen molar-refractivity contribution >= 4 is 29.1 Å². The Balaban J connectivity index is 1.67. The van der Waals surface area contributed by atoms with Crippen molar-refractivity contribution in [3.05, 3.63) is 82.1 Å². The Morgan fingerprint density at radius 3 is 2.44 bits per heavy atom. The van der Waals surface area contributed by atoms with Gasteiger partial charge in [0.1, 0.15) is 0 Å². The van der Waals surface area contributed by atoms with Crippen molar-refractivity contribution in [2.45, 2.75) is 13.0 Å². The first-order valence-corrected chi connectivity index (χ1v) is 8.56. The van der Waals surface area contributed by atoms with Crippen LogP contribution in [0, 0.1) is 0 Å². The number of para-hydroxylation sites is 1. The summed E-state index contributed by atoms with van der Waals surface area (Å²) in [5.41, 5.74) is 2.58. The maximum Gasteiger partial charge on any atom is 0.227 e. The lowest BCUT2D eigenvalue weighted by atomic mass is 10.1. The molecule has 0 atom stereocenters. The molecule has 0 fully saturated rings. The van der Waals surface area contributed by atoms with Crippen LogP contribution in [0.2, 0.25) is 10.0 Å². The van der Waals surface area contributed by atoms with Crippen LogP contribution in [0.4, 0.5) is 0 Å². The number of aromatic nitrogens is 2. The fourth-order valence-corrected chi connectivity index (χ4v) is 3.04. The van der Waals surface area contributed by atoms with Crippen molar-refractivity contribution < 1.29 is 4.79 Å². The van der Waals surface area contributed by atoms with Gasteiger partial charge in [-0.2, -0.15) is 5.10 Å². The number of carbonyl (C=O) groups excluding carboxylic acids is 1. The van der Waals surface area contributed by atoms with Gasteiger partial charge in [0, 0.05) is 35.4 Å². The van der Waals surface area contributed by atoms with Crippen molar-refractivity contribution in [3.63, 3.8) is 0 Å². The minimum atomic E-state index is -0.0533. The third kappa shape index (κ3) is 4.21. The number of carbonyl (C=O) groups is 1. The van der Waals surface area contributed by atoms with Crippen LogP contribution in [0.25, 0.3) is 5.69 Å². The summed E-state index contributed by atoms with van der Waals surface area (Å²) in [5, 5.41) is 5.36. The van der Waals surface area contributed by atoms with E-state index in [1.54, 1.807) is 41.0 Å². The lowest BCUT2D eigenvalue weighted by Crippen LogP contribution is -2.27. The largest absolute Gasteiger partial charge is 0.341 e. The van der Waals surface area contributed by atoms with E-state index in [9.17, 15) is 4.79 Å². The number of likely N-dealkylation sites (N-methyl/N-ethyl adjacent to an activating group) is 1. The van der Waals surface area contributed by atoms with Crippen molar-refractivity contribution in [3.8, 4) is 5.69 Å². The SMILES string of the molecule is CN(Cc1cnn(-c2ccccc2)c1)C(=O)Cc1c(Cl)cccc1Cl. The third-order valence-electron chi connectivity index (χ3n) is 3.89. The number of hydrogen-bond donors (Lipinski definition) is 0. The lowest BCUT2D eigenvalue weighted by molar-refractivity contribution is -0.129. The highest BCUT2D eigenvalue weighted by molar-refractivity contribution is 6.36. The van der Waals surface area contributed by atoms with Crippen LogP contribution in [-0.4, -0.2) is 27.6 Å². The molecule has 0 aliphatic rings. The molecule has 3 rings (SSSR count). The minimum Gasteiger partial charge on any atom is -0.341 e. The standard InChI is InChI=1S/C19H17Cl2N3O/c1-23(19(25)10-16-17(20)8-5-9-18(16)21)12-14-11-22-24(13-14)15-6-3-2-4-7-15/h2-9,11,13H,10,12H2,1H3. The van der Waals surface area contributed by atoms with Crippen LogP contribution in [0.5, 0.6) is 0 Å². The van der Waals surface area contributed by atoms with Gasteiger partial charge in [0.25, 0.3) is 0 Å². The maximum atomic E-state index is 12.5. The van der Waals surface area contributed by atoms with E-state index in [0.29, 0.717) is 22.2 Å². The number of hydrogen-bond acceptors (Lipinski definition) is 2. The highest BCUT2D eigenvalue weighted by Gasteiger charge is 2.15. The van der Waals surface area contributed by atoms with Gasteiger partial charge in [-0.1, -0.05) is 47.5 Å². The Morgan fingerprint density at radius 1 is 1.08 bits per heavy atom. The third-order valence-corrected chi connectivity index (χ3v) is 4.60. The predicted molar refractivity (Wildman–Crippen MR) is 100 cm³/mol. The van der Waals surface area contributed by atoms with E-state index in [1.807, 2.05) is 36.5 Å². The molecule has 1 heterocycles. The van der Waals surface area contributed by atoms with Crippen molar-refractivity contribution in [1.29, 1.82) is 0 Å². The zero-order valence-electron chi connectivity index (χ0n) is 13.7. The molecule has 1 aromatic heterocycles. The fraction of sp³-hybridized carbons (Fsp3) is 0.158. The smallest absolute Gasteiger partial charge is 0.227 e. The monoisotopic (exact) mass is 373 g/mol. The molecule has 3 aromatic rings. The van der Waals surface area contributed by atoms with Crippen molar-refractivity contribution in [1.82, 2.24) is 14.7 Å². The van der Waals surface area contributed by atoms with Crippen LogP contribution in [0.1, 0.15) is 11.1 Å². The van der Waals surface area contributed by atoms with E-state index in [0.717, 1.165) is 11.3 Å². The van der Waals surface area contributed by atoms with E-state index < -0.39 is 0 Å². The van der Waals surface area contributed by atoms with Gasteiger partial charge >= 0.3 is 0 Å². The molecule has 0 spiro atoms. The van der Waals surface area contributed by atoms with Crippen LogP contribution in [0.15, 0.2) is 60.9 Å². The Kier molecular flexibility index (Phi) is 5.41. The molecule has 0 saturated heterocycles. The molecule has 0 N–H and O–H groups in total. The average molecular weight is 374 g/mol. The molecule has 0 aliphatic heterocycles. The second kappa shape index (κ2) is 7.72. The molecule has 0 saturated carbocycles.